The molecule has 0 aliphatic rings. The molecule has 0 radical (unpaired) electrons. The molecule has 0 bridgehead atoms. The molecule has 3 N–H and O–H groups in total. The third-order valence-corrected chi connectivity index (χ3v) is 3.15. The fourth-order valence-electron chi connectivity index (χ4n) is 1.95. The monoisotopic (exact) mass is 287 g/mol. The summed E-state index contributed by atoms with van der Waals surface area (Å²) >= 11 is 0. The molecule has 0 aromatic rings. The van der Waals surface area contributed by atoms with Gasteiger partial charge in [0.25, 0.3) is 0 Å². The number of aliphatic carboxylic acids is 1. The van der Waals surface area contributed by atoms with Gasteiger partial charge in [-0.25, -0.2) is 9.59 Å². The number of amides is 2. The lowest BCUT2D eigenvalue weighted by Crippen LogP contribution is -2.47. The summed E-state index contributed by atoms with van der Waals surface area (Å²) < 4.78 is 0. The highest BCUT2D eigenvalue weighted by Gasteiger charge is 2.18. The van der Waals surface area contributed by atoms with E-state index in [9.17, 15) is 9.59 Å². The molecule has 1 atom stereocenters. The number of urea groups is 1. The van der Waals surface area contributed by atoms with E-state index in [0.29, 0.717) is 13.0 Å². The number of carboxylic acids is 1. The predicted molar refractivity (Wildman–Crippen MR) is 79.9 cm³/mol. The van der Waals surface area contributed by atoms with E-state index in [-0.39, 0.29) is 0 Å². The van der Waals surface area contributed by atoms with Gasteiger partial charge in [0.1, 0.15) is 6.04 Å². The van der Waals surface area contributed by atoms with Crippen LogP contribution in [0.25, 0.3) is 0 Å². The lowest BCUT2D eigenvalue weighted by atomic mass is 10.1. The first-order chi connectivity index (χ1) is 9.54. The highest BCUT2D eigenvalue weighted by atomic mass is 16.4. The van der Waals surface area contributed by atoms with Crippen LogP contribution in [0.1, 0.15) is 46.5 Å². The first kappa shape index (κ1) is 18.7. The fourth-order valence-corrected chi connectivity index (χ4v) is 1.95. The summed E-state index contributed by atoms with van der Waals surface area (Å²) in [5.41, 5.74) is 0. The van der Waals surface area contributed by atoms with Crippen molar-refractivity contribution in [1.29, 1.82) is 0 Å². The van der Waals surface area contributed by atoms with Crippen LogP contribution in [0.2, 0.25) is 0 Å². The number of carbonyl (C=O) groups excluding carboxylic acids is 1. The Morgan fingerprint density at radius 2 is 1.85 bits per heavy atom. The van der Waals surface area contributed by atoms with Crippen LogP contribution in [0.3, 0.4) is 0 Å². The van der Waals surface area contributed by atoms with Gasteiger partial charge in [-0.1, -0.05) is 33.6 Å². The summed E-state index contributed by atoms with van der Waals surface area (Å²) in [6.07, 6.45) is 3.25. The Morgan fingerprint density at radius 3 is 2.35 bits per heavy atom. The first-order valence-electron chi connectivity index (χ1n) is 7.54. The van der Waals surface area contributed by atoms with Gasteiger partial charge >= 0.3 is 12.0 Å². The molecule has 1 unspecified atom stereocenters. The molecule has 118 valence electrons. The Balaban J connectivity index is 3.97. The summed E-state index contributed by atoms with van der Waals surface area (Å²) in [5.74, 6) is -0.977. The lowest BCUT2D eigenvalue weighted by Gasteiger charge is -2.20. The van der Waals surface area contributed by atoms with Gasteiger partial charge < -0.3 is 20.6 Å². The van der Waals surface area contributed by atoms with E-state index < -0.39 is 18.0 Å². The van der Waals surface area contributed by atoms with Crippen molar-refractivity contribution in [3.8, 4) is 0 Å². The van der Waals surface area contributed by atoms with Gasteiger partial charge in [0.2, 0.25) is 0 Å². The van der Waals surface area contributed by atoms with Crippen LogP contribution in [0.5, 0.6) is 0 Å². The number of hydrogen-bond acceptors (Lipinski definition) is 3. The zero-order valence-electron chi connectivity index (χ0n) is 12.9. The minimum absolute atomic E-state index is 0.402. The topological polar surface area (TPSA) is 81.7 Å². The van der Waals surface area contributed by atoms with E-state index in [1.807, 2.05) is 6.92 Å². The molecule has 0 aromatic heterocycles. The molecule has 0 aliphatic heterocycles. The third kappa shape index (κ3) is 8.74. The smallest absolute Gasteiger partial charge is 0.326 e. The average Bonchev–Trinajstić information content (AvgIpc) is 2.42. The van der Waals surface area contributed by atoms with Gasteiger partial charge in [0, 0.05) is 13.1 Å². The Morgan fingerprint density at radius 1 is 1.15 bits per heavy atom. The summed E-state index contributed by atoms with van der Waals surface area (Å²) in [6, 6.07) is -1.20. The van der Waals surface area contributed by atoms with Crippen LogP contribution < -0.4 is 10.6 Å². The average molecular weight is 287 g/mol. The molecule has 0 aliphatic carbocycles. The highest BCUT2D eigenvalue weighted by molar-refractivity contribution is 5.82. The zero-order chi connectivity index (χ0) is 15.4. The van der Waals surface area contributed by atoms with Crippen molar-refractivity contribution in [2.45, 2.75) is 52.5 Å². The predicted octanol–water partition coefficient (Wildman–Crippen LogP) is 1.66. The first-order valence-corrected chi connectivity index (χ1v) is 7.54. The van der Waals surface area contributed by atoms with E-state index in [0.717, 1.165) is 38.9 Å². The fraction of sp³-hybridized carbons (Fsp3) is 0.857. The normalized spacial score (nSPS) is 12.2. The molecule has 6 nitrogen and oxygen atoms in total. The molecule has 0 saturated carbocycles. The molecule has 2 amide bonds. The molecular weight excluding hydrogens is 258 g/mol. The van der Waals surface area contributed by atoms with Crippen LogP contribution in [-0.4, -0.2) is 54.2 Å². The molecule has 0 spiro atoms. The van der Waals surface area contributed by atoms with E-state index >= 15 is 0 Å². The van der Waals surface area contributed by atoms with E-state index in [4.69, 9.17) is 5.11 Å². The Kier molecular flexibility index (Phi) is 10.8. The van der Waals surface area contributed by atoms with Crippen molar-refractivity contribution >= 4 is 12.0 Å². The van der Waals surface area contributed by atoms with E-state index in [1.165, 1.54) is 0 Å². The number of likely N-dealkylation sites (N-methyl/N-ethyl adjacent to an activating group) is 1. The Bertz CT molecular complexity index is 285. The van der Waals surface area contributed by atoms with Crippen LogP contribution in [0.4, 0.5) is 4.79 Å². The second kappa shape index (κ2) is 11.5. The standard InChI is InChI=1S/C14H29N3O3/c1-4-7-8-12(13(18)19)16-14(20)15-9-11-17(6-3)10-5-2/h12H,4-11H2,1-3H3,(H,18,19)(H2,15,16,20). The second-order valence-electron chi connectivity index (χ2n) is 4.87. The number of unbranched alkanes of at least 4 members (excludes halogenated alkanes) is 1. The molecule has 0 heterocycles. The number of rotatable bonds is 11. The maximum Gasteiger partial charge on any atom is 0.326 e. The second-order valence-corrected chi connectivity index (χ2v) is 4.87. The number of carboxylic acid groups (broad SMARTS) is 1. The van der Waals surface area contributed by atoms with Crippen molar-refractivity contribution < 1.29 is 14.7 Å². The summed E-state index contributed by atoms with van der Waals surface area (Å²) in [4.78, 5) is 24.9. The summed E-state index contributed by atoms with van der Waals surface area (Å²) in [6.45, 7) is 9.46. The number of carbonyl (C=O) groups is 2. The maximum absolute atomic E-state index is 11.6. The Hall–Kier alpha value is -1.30. The van der Waals surface area contributed by atoms with Crippen molar-refractivity contribution in [2.75, 3.05) is 26.2 Å². The van der Waals surface area contributed by atoms with E-state index in [1.54, 1.807) is 0 Å². The molecule has 0 fully saturated rings. The summed E-state index contributed by atoms with van der Waals surface area (Å²) in [5, 5.41) is 14.2. The van der Waals surface area contributed by atoms with Crippen molar-refractivity contribution in [3.05, 3.63) is 0 Å². The van der Waals surface area contributed by atoms with Gasteiger partial charge in [0.05, 0.1) is 0 Å². The minimum Gasteiger partial charge on any atom is -0.480 e. The number of nitrogens with one attached hydrogen (secondary N) is 2. The van der Waals surface area contributed by atoms with Crippen molar-refractivity contribution in [3.63, 3.8) is 0 Å². The molecular formula is C14H29N3O3. The van der Waals surface area contributed by atoms with Gasteiger partial charge in [0.15, 0.2) is 0 Å². The SMILES string of the molecule is CCCCC(NC(=O)NCCN(CC)CCC)C(=O)O. The molecule has 20 heavy (non-hydrogen) atoms. The van der Waals surface area contributed by atoms with Crippen molar-refractivity contribution in [2.24, 2.45) is 0 Å². The van der Waals surface area contributed by atoms with Gasteiger partial charge in [-0.3, -0.25) is 0 Å². The Labute approximate surface area is 121 Å². The number of hydrogen-bond donors (Lipinski definition) is 3. The van der Waals surface area contributed by atoms with Crippen LogP contribution in [-0.2, 0) is 4.79 Å². The third-order valence-electron chi connectivity index (χ3n) is 3.15. The molecule has 6 heteroatoms. The van der Waals surface area contributed by atoms with E-state index in [2.05, 4.69) is 29.4 Å². The highest BCUT2D eigenvalue weighted by Crippen LogP contribution is 2.00. The molecule has 0 aromatic carbocycles. The largest absolute Gasteiger partial charge is 0.480 e. The van der Waals surface area contributed by atoms with Crippen molar-refractivity contribution in [1.82, 2.24) is 15.5 Å². The molecule has 0 saturated heterocycles. The zero-order valence-corrected chi connectivity index (χ0v) is 12.9. The van der Waals surface area contributed by atoms with Gasteiger partial charge in [-0.2, -0.15) is 0 Å². The van der Waals surface area contributed by atoms with Gasteiger partial charge in [-0.15, -0.1) is 0 Å². The quantitative estimate of drug-likeness (QED) is 0.540. The van der Waals surface area contributed by atoms with Gasteiger partial charge in [-0.05, 0) is 25.9 Å². The summed E-state index contributed by atoms with van der Waals surface area (Å²) in [7, 11) is 0. The van der Waals surface area contributed by atoms with Crippen LogP contribution in [0, 0.1) is 0 Å². The molecule has 0 rings (SSSR count). The number of nitrogens with zero attached hydrogens (tertiary/aromatic N) is 1. The maximum atomic E-state index is 11.6. The lowest BCUT2D eigenvalue weighted by molar-refractivity contribution is -0.139. The minimum atomic E-state index is -0.977. The van der Waals surface area contributed by atoms with Crippen LogP contribution >= 0.6 is 0 Å². The van der Waals surface area contributed by atoms with Crippen LogP contribution in [0.15, 0.2) is 0 Å².